The number of methoxy groups -OCH3 is 1. The normalized spacial score (nSPS) is 20.6. The lowest BCUT2D eigenvalue weighted by Crippen LogP contribution is -2.40. The Morgan fingerprint density at radius 3 is 2.82 bits per heavy atom. The molecule has 2 unspecified atom stereocenters. The number of ether oxygens (including phenoxy) is 1. The first-order valence-corrected chi connectivity index (χ1v) is 7.70. The molecule has 1 heterocycles. The average molecular weight is 307 g/mol. The van der Waals surface area contributed by atoms with Crippen LogP contribution in [0, 0.1) is 19.8 Å². The van der Waals surface area contributed by atoms with Crippen LogP contribution in [-0.4, -0.2) is 47.8 Å². The Morgan fingerprint density at radius 1 is 1.45 bits per heavy atom. The average Bonchev–Trinajstić information content (AvgIpc) is 2.46. The van der Waals surface area contributed by atoms with E-state index in [1.54, 1.807) is 7.11 Å². The highest BCUT2D eigenvalue weighted by Crippen LogP contribution is 2.31. The van der Waals surface area contributed by atoms with Crippen molar-refractivity contribution in [2.45, 2.75) is 32.8 Å². The van der Waals surface area contributed by atoms with Crippen LogP contribution >= 0.6 is 0 Å². The molecule has 0 amide bonds. The first-order chi connectivity index (χ1) is 10.4. The van der Waals surface area contributed by atoms with Crippen molar-refractivity contribution in [2.24, 2.45) is 5.92 Å². The molecule has 1 aromatic carbocycles. The number of β-amino-alcohol motifs (C(OH)–C–C–N with tert-alkyl or cyclic N) is 1. The molecule has 0 spiro atoms. The van der Waals surface area contributed by atoms with E-state index in [9.17, 15) is 9.90 Å². The molecule has 2 N–H and O–H groups in total. The fourth-order valence-corrected chi connectivity index (χ4v) is 3.28. The van der Waals surface area contributed by atoms with Crippen LogP contribution in [-0.2, 0) is 4.79 Å². The zero-order valence-corrected chi connectivity index (χ0v) is 13.5. The number of nitrogens with zero attached hydrogens (tertiary/aromatic N) is 1. The summed E-state index contributed by atoms with van der Waals surface area (Å²) in [5.74, 6) is -0.366. The third-order valence-electron chi connectivity index (χ3n) is 4.30. The number of hydrogen-bond acceptors (Lipinski definition) is 4. The molecule has 1 aliphatic heterocycles. The van der Waals surface area contributed by atoms with Crippen LogP contribution in [0.1, 0.15) is 35.6 Å². The molecular formula is C17H25NO4. The Bertz CT molecular complexity index is 544. The van der Waals surface area contributed by atoms with Gasteiger partial charge in [0.25, 0.3) is 0 Å². The number of hydrogen-bond donors (Lipinski definition) is 2. The maximum atomic E-state index is 11.1. The molecule has 1 aliphatic rings. The minimum absolute atomic E-state index is 0.331. The van der Waals surface area contributed by atoms with Crippen molar-refractivity contribution >= 4 is 5.97 Å². The van der Waals surface area contributed by atoms with Crippen LogP contribution < -0.4 is 4.74 Å². The van der Waals surface area contributed by atoms with E-state index in [2.05, 4.69) is 0 Å². The van der Waals surface area contributed by atoms with E-state index in [4.69, 9.17) is 9.84 Å². The number of aliphatic hydroxyl groups excluding tert-OH is 1. The van der Waals surface area contributed by atoms with Crippen LogP contribution in [0.25, 0.3) is 0 Å². The van der Waals surface area contributed by atoms with Crippen LogP contribution in [0.3, 0.4) is 0 Å². The zero-order valence-electron chi connectivity index (χ0n) is 13.5. The molecule has 0 aliphatic carbocycles. The van der Waals surface area contributed by atoms with Gasteiger partial charge in [-0.15, -0.1) is 0 Å². The standard InChI is InChI=1S/C17H25NO4/c1-11-7-12(2)16(22-3)14(8-11)15(19)10-18-6-4-5-13(9-18)17(20)21/h7-8,13,15,19H,4-6,9-10H2,1-3H3,(H,20,21). The molecule has 2 rings (SSSR count). The monoisotopic (exact) mass is 307 g/mol. The lowest BCUT2D eigenvalue weighted by molar-refractivity contribution is -0.143. The third kappa shape index (κ3) is 3.78. The molecule has 5 heteroatoms. The molecule has 22 heavy (non-hydrogen) atoms. The Labute approximate surface area is 131 Å². The van der Waals surface area contributed by atoms with Gasteiger partial charge in [0, 0.05) is 18.7 Å². The molecule has 1 saturated heterocycles. The smallest absolute Gasteiger partial charge is 0.307 e. The van der Waals surface area contributed by atoms with E-state index in [1.807, 2.05) is 30.9 Å². The summed E-state index contributed by atoms with van der Waals surface area (Å²) < 4.78 is 5.43. The summed E-state index contributed by atoms with van der Waals surface area (Å²) in [5, 5.41) is 19.7. The first-order valence-electron chi connectivity index (χ1n) is 7.70. The number of likely N-dealkylation sites (tertiary alicyclic amines) is 1. The number of carboxylic acid groups (broad SMARTS) is 1. The van der Waals surface area contributed by atoms with E-state index >= 15 is 0 Å². The van der Waals surface area contributed by atoms with Gasteiger partial charge >= 0.3 is 5.97 Å². The highest BCUT2D eigenvalue weighted by atomic mass is 16.5. The van der Waals surface area contributed by atoms with Crippen molar-refractivity contribution in [3.05, 3.63) is 28.8 Å². The van der Waals surface area contributed by atoms with Gasteiger partial charge in [0.1, 0.15) is 5.75 Å². The second-order valence-electron chi connectivity index (χ2n) is 6.16. The van der Waals surface area contributed by atoms with E-state index in [0.717, 1.165) is 36.1 Å². The number of benzene rings is 1. The number of rotatable bonds is 5. The Morgan fingerprint density at radius 2 is 2.18 bits per heavy atom. The molecule has 122 valence electrons. The number of carbonyl (C=O) groups is 1. The van der Waals surface area contributed by atoms with E-state index in [1.165, 1.54) is 0 Å². The van der Waals surface area contributed by atoms with Crippen LogP contribution in [0.2, 0.25) is 0 Å². The fourth-order valence-electron chi connectivity index (χ4n) is 3.28. The molecule has 1 aromatic rings. The topological polar surface area (TPSA) is 70.0 Å². The molecule has 0 aromatic heterocycles. The summed E-state index contributed by atoms with van der Waals surface area (Å²) in [5.41, 5.74) is 2.85. The fraction of sp³-hybridized carbons (Fsp3) is 0.588. The highest BCUT2D eigenvalue weighted by Gasteiger charge is 2.27. The highest BCUT2D eigenvalue weighted by molar-refractivity contribution is 5.70. The minimum atomic E-state index is -0.747. The molecule has 1 fully saturated rings. The van der Waals surface area contributed by atoms with Gasteiger partial charge in [-0.2, -0.15) is 0 Å². The predicted molar refractivity (Wildman–Crippen MR) is 84.2 cm³/mol. The number of aryl methyl sites for hydroxylation is 2. The second kappa shape index (κ2) is 7.11. The number of aliphatic carboxylic acids is 1. The van der Waals surface area contributed by atoms with Gasteiger partial charge in [0.2, 0.25) is 0 Å². The zero-order chi connectivity index (χ0) is 16.3. The van der Waals surface area contributed by atoms with Gasteiger partial charge in [0.05, 0.1) is 19.1 Å². The van der Waals surface area contributed by atoms with Gasteiger partial charge in [-0.3, -0.25) is 9.69 Å². The maximum Gasteiger partial charge on any atom is 0.307 e. The molecule has 5 nitrogen and oxygen atoms in total. The predicted octanol–water partition coefficient (Wildman–Crippen LogP) is 2.14. The van der Waals surface area contributed by atoms with Crippen molar-refractivity contribution in [1.29, 1.82) is 0 Å². The van der Waals surface area contributed by atoms with Crippen LogP contribution in [0.15, 0.2) is 12.1 Å². The van der Waals surface area contributed by atoms with Crippen molar-refractivity contribution in [3.63, 3.8) is 0 Å². The van der Waals surface area contributed by atoms with Crippen LogP contribution in [0.4, 0.5) is 0 Å². The summed E-state index contributed by atoms with van der Waals surface area (Å²) in [7, 11) is 1.61. The minimum Gasteiger partial charge on any atom is -0.496 e. The third-order valence-corrected chi connectivity index (χ3v) is 4.30. The molecule has 0 saturated carbocycles. The summed E-state index contributed by atoms with van der Waals surface area (Å²) in [4.78, 5) is 13.2. The SMILES string of the molecule is COc1c(C)cc(C)cc1C(O)CN1CCCC(C(=O)O)C1. The number of aliphatic hydroxyl groups is 1. The molecular weight excluding hydrogens is 282 g/mol. The van der Waals surface area contributed by atoms with Gasteiger partial charge in [0.15, 0.2) is 0 Å². The van der Waals surface area contributed by atoms with Crippen molar-refractivity contribution in [3.8, 4) is 5.75 Å². The summed E-state index contributed by atoms with van der Waals surface area (Å²) in [6.07, 6.45) is 0.892. The van der Waals surface area contributed by atoms with Crippen molar-refractivity contribution < 1.29 is 19.7 Å². The van der Waals surface area contributed by atoms with Crippen molar-refractivity contribution in [1.82, 2.24) is 4.90 Å². The van der Waals surface area contributed by atoms with Gasteiger partial charge in [-0.25, -0.2) is 0 Å². The molecule has 0 radical (unpaired) electrons. The quantitative estimate of drug-likeness (QED) is 0.872. The Hall–Kier alpha value is -1.59. The summed E-state index contributed by atoms with van der Waals surface area (Å²) in [6, 6.07) is 3.96. The number of carboxylic acids is 1. The van der Waals surface area contributed by atoms with E-state index < -0.39 is 12.1 Å². The lowest BCUT2D eigenvalue weighted by atomic mass is 9.96. The van der Waals surface area contributed by atoms with Gasteiger partial charge < -0.3 is 14.9 Å². The van der Waals surface area contributed by atoms with E-state index in [0.29, 0.717) is 18.8 Å². The van der Waals surface area contributed by atoms with Crippen molar-refractivity contribution in [2.75, 3.05) is 26.7 Å². The first kappa shape index (κ1) is 16.8. The van der Waals surface area contributed by atoms with Crippen LogP contribution in [0.5, 0.6) is 5.75 Å². The molecule has 0 bridgehead atoms. The second-order valence-corrected chi connectivity index (χ2v) is 6.16. The largest absolute Gasteiger partial charge is 0.496 e. The number of piperidine rings is 1. The lowest BCUT2D eigenvalue weighted by Gasteiger charge is -2.32. The summed E-state index contributed by atoms with van der Waals surface area (Å²) in [6.45, 7) is 5.71. The van der Waals surface area contributed by atoms with E-state index in [-0.39, 0.29) is 5.92 Å². The summed E-state index contributed by atoms with van der Waals surface area (Å²) >= 11 is 0. The van der Waals surface area contributed by atoms with Gasteiger partial charge in [-0.05, 0) is 44.9 Å². The maximum absolute atomic E-state index is 11.1. The Kier molecular flexibility index (Phi) is 5.42. The molecule has 2 atom stereocenters. The Balaban J connectivity index is 2.12. The van der Waals surface area contributed by atoms with Gasteiger partial charge in [-0.1, -0.05) is 11.6 Å².